The van der Waals surface area contributed by atoms with E-state index in [0.717, 1.165) is 12.8 Å². The summed E-state index contributed by atoms with van der Waals surface area (Å²) in [5.41, 5.74) is 1.17. The van der Waals surface area contributed by atoms with Crippen molar-refractivity contribution in [2.75, 3.05) is 13.2 Å². The molecule has 0 N–H and O–H groups in total. The second-order valence-electron chi connectivity index (χ2n) is 12.5. The molecule has 3 aromatic rings. The summed E-state index contributed by atoms with van der Waals surface area (Å²) in [7, 11) is -2.75. The Bertz CT molecular complexity index is 1160. The van der Waals surface area contributed by atoms with E-state index in [1.54, 1.807) is 0 Å². The van der Waals surface area contributed by atoms with E-state index in [-0.39, 0.29) is 29.5 Å². The fourth-order valence-electron chi connectivity index (χ4n) is 6.15. The van der Waals surface area contributed by atoms with E-state index in [1.807, 2.05) is 32.0 Å². The predicted octanol–water partition coefficient (Wildman–Crippen LogP) is 5.85. The van der Waals surface area contributed by atoms with Crippen LogP contribution in [-0.4, -0.2) is 51.7 Å². The molecule has 214 valence electrons. The smallest absolute Gasteiger partial charge is 0.261 e. The summed E-state index contributed by atoms with van der Waals surface area (Å²) >= 11 is 0. The molecule has 0 amide bonds. The molecule has 6 heteroatoms. The van der Waals surface area contributed by atoms with Crippen LogP contribution < -0.4 is 10.4 Å². The number of hydrogen-bond donors (Lipinski definition) is 0. The van der Waals surface area contributed by atoms with Gasteiger partial charge < -0.3 is 23.4 Å². The van der Waals surface area contributed by atoms with Gasteiger partial charge in [-0.05, 0) is 41.2 Å². The van der Waals surface area contributed by atoms with Gasteiger partial charge in [-0.1, -0.05) is 112 Å². The van der Waals surface area contributed by atoms with Gasteiger partial charge in [0.2, 0.25) is 0 Å². The van der Waals surface area contributed by atoms with Gasteiger partial charge in [-0.25, -0.2) is 0 Å². The fraction of sp³-hybridized carbons (Fsp3) is 0.471. The summed E-state index contributed by atoms with van der Waals surface area (Å²) < 4.78 is 32.6. The van der Waals surface area contributed by atoms with Crippen LogP contribution in [0.3, 0.4) is 0 Å². The third-order valence-electron chi connectivity index (χ3n) is 8.08. The fourth-order valence-corrected chi connectivity index (χ4v) is 10.9. The van der Waals surface area contributed by atoms with Gasteiger partial charge >= 0.3 is 0 Å². The Balaban J connectivity index is 1.43. The average molecular weight is 561 g/mol. The standard InChI is InChI=1S/C34H44O5Si/c1-33(2,3)40(27-17-11-7-12-18-27,28-19-13-8-14-20-28)39-31-23-30(32-25-36-34(4,5)38-32)37-29(31)21-22-35-24-26-15-9-6-10-16-26/h6-20,29-32H,21-25H2,1-5H3/t29-,30-,31-,32+/m1/s1. The highest BCUT2D eigenvalue weighted by Gasteiger charge is 2.54. The summed E-state index contributed by atoms with van der Waals surface area (Å²) in [6, 6.07) is 31.9. The normalized spacial score (nSPS) is 24.8. The van der Waals surface area contributed by atoms with Gasteiger partial charge in [0.05, 0.1) is 31.5 Å². The van der Waals surface area contributed by atoms with Crippen molar-refractivity contribution in [3.8, 4) is 0 Å². The molecule has 2 aliphatic heterocycles. The lowest BCUT2D eigenvalue weighted by atomic mass is 10.1. The van der Waals surface area contributed by atoms with Crippen molar-refractivity contribution >= 4 is 18.7 Å². The molecule has 40 heavy (non-hydrogen) atoms. The first-order chi connectivity index (χ1) is 19.2. The summed E-state index contributed by atoms with van der Waals surface area (Å²) in [5, 5.41) is 2.44. The van der Waals surface area contributed by atoms with Gasteiger partial charge in [0.1, 0.15) is 6.10 Å². The van der Waals surface area contributed by atoms with E-state index < -0.39 is 14.1 Å². The molecule has 2 saturated heterocycles. The van der Waals surface area contributed by atoms with E-state index in [2.05, 4.69) is 93.6 Å². The Morgan fingerprint density at radius 1 is 0.825 bits per heavy atom. The van der Waals surface area contributed by atoms with Gasteiger partial charge in [-0.3, -0.25) is 0 Å². The first-order valence-electron chi connectivity index (χ1n) is 14.6. The highest BCUT2D eigenvalue weighted by Crippen LogP contribution is 2.41. The quantitative estimate of drug-likeness (QED) is 0.230. The minimum absolute atomic E-state index is 0.0934. The second kappa shape index (κ2) is 12.3. The number of ether oxygens (including phenoxy) is 4. The maximum absolute atomic E-state index is 7.57. The largest absolute Gasteiger partial charge is 0.402 e. The summed E-state index contributed by atoms with van der Waals surface area (Å²) in [5.74, 6) is -0.598. The molecule has 4 atom stereocenters. The van der Waals surface area contributed by atoms with E-state index in [9.17, 15) is 0 Å². The van der Waals surface area contributed by atoms with Crippen LogP contribution >= 0.6 is 0 Å². The lowest BCUT2D eigenvalue weighted by molar-refractivity contribution is -0.155. The minimum atomic E-state index is -2.75. The molecule has 2 fully saturated rings. The van der Waals surface area contributed by atoms with Crippen molar-refractivity contribution in [2.24, 2.45) is 0 Å². The molecule has 5 rings (SSSR count). The second-order valence-corrected chi connectivity index (χ2v) is 16.7. The van der Waals surface area contributed by atoms with Crippen LogP contribution in [0.25, 0.3) is 0 Å². The third kappa shape index (κ3) is 6.43. The van der Waals surface area contributed by atoms with Gasteiger partial charge in [-0.15, -0.1) is 0 Å². The summed E-state index contributed by atoms with van der Waals surface area (Å²) in [6.07, 6.45) is 1.11. The average Bonchev–Trinajstić information content (AvgIpc) is 3.52. The highest BCUT2D eigenvalue weighted by atomic mass is 28.4. The molecule has 3 aromatic carbocycles. The first-order valence-corrected chi connectivity index (χ1v) is 16.5. The van der Waals surface area contributed by atoms with Crippen LogP contribution in [0, 0.1) is 0 Å². The molecular formula is C34H44O5Si. The number of benzene rings is 3. The van der Waals surface area contributed by atoms with Crippen molar-refractivity contribution in [1.29, 1.82) is 0 Å². The monoisotopic (exact) mass is 560 g/mol. The zero-order valence-corrected chi connectivity index (χ0v) is 25.5. The van der Waals surface area contributed by atoms with Gasteiger partial charge in [0.15, 0.2) is 5.79 Å². The van der Waals surface area contributed by atoms with Crippen LogP contribution in [-0.2, 0) is 30.0 Å². The summed E-state index contributed by atoms with van der Waals surface area (Å²) in [4.78, 5) is 0. The SMILES string of the molecule is CC1(C)OC[C@@H]([C@H]2C[C@@H](O[Si](c3ccccc3)(c3ccccc3)C(C)(C)C)[C@@H](CCOCc3ccccc3)O2)O1. The van der Waals surface area contributed by atoms with Crippen LogP contribution in [0.5, 0.6) is 0 Å². The molecular weight excluding hydrogens is 516 g/mol. The lowest BCUT2D eigenvalue weighted by Crippen LogP contribution is -2.68. The van der Waals surface area contributed by atoms with Gasteiger partial charge in [0.25, 0.3) is 8.32 Å². The van der Waals surface area contributed by atoms with E-state index >= 15 is 0 Å². The van der Waals surface area contributed by atoms with E-state index in [1.165, 1.54) is 15.9 Å². The van der Waals surface area contributed by atoms with Gasteiger partial charge in [-0.2, -0.15) is 0 Å². The molecule has 0 saturated carbocycles. The lowest BCUT2D eigenvalue weighted by Gasteiger charge is -2.45. The van der Waals surface area contributed by atoms with Crippen molar-refractivity contribution in [2.45, 2.75) is 89.3 Å². The van der Waals surface area contributed by atoms with Crippen LogP contribution in [0.15, 0.2) is 91.0 Å². The molecule has 0 radical (unpaired) electrons. The summed E-state index contributed by atoms with van der Waals surface area (Å²) in [6.45, 7) is 12.6. The Morgan fingerprint density at radius 2 is 1.40 bits per heavy atom. The Kier molecular flexibility index (Phi) is 8.95. The Morgan fingerprint density at radius 3 is 1.93 bits per heavy atom. The predicted molar refractivity (Wildman–Crippen MR) is 161 cm³/mol. The van der Waals surface area contributed by atoms with Crippen molar-refractivity contribution < 1.29 is 23.4 Å². The van der Waals surface area contributed by atoms with Crippen molar-refractivity contribution in [3.63, 3.8) is 0 Å². The molecule has 0 spiro atoms. The Hall–Kier alpha value is -2.32. The molecule has 0 bridgehead atoms. The zero-order chi connectivity index (χ0) is 28.2. The minimum Gasteiger partial charge on any atom is -0.402 e. The van der Waals surface area contributed by atoms with Crippen LogP contribution in [0.2, 0.25) is 5.04 Å². The molecule has 0 aliphatic carbocycles. The topological polar surface area (TPSA) is 46.2 Å². The zero-order valence-electron chi connectivity index (χ0n) is 24.5. The number of rotatable bonds is 10. The highest BCUT2D eigenvalue weighted by molar-refractivity contribution is 6.99. The first kappa shape index (κ1) is 29.2. The molecule has 2 heterocycles. The Labute approximate surface area is 240 Å². The van der Waals surface area contributed by atoms with Crippen molar-refractivity contribution in [3.05, 3.63) is 96.6 Å². The molecule has 0 aromatic heterocycles. The van der Waals surface area contributed by atoms with Crippen LogP contribution in [0.1, 0.15) is 53.0 Å². The van der Waals surface area contributed by atoms with Crippen LogP contribution in [0.4, 0.5) is 0 Å². The van der Waals surface area contributed by atoms with Gasteiger partial charge in [0, 0.05) is 13.0 Å². The molecule has 0 unspecified atom stereocenters. The van der Waals surface area contributed by atoms with Crippen molar-refractivity contribution in [1.82, 2.24) is 0 Å². The van der Waals surface area contributed by atoms with E-state index in [4.69, 9.17) is 23.4 Å². The molecule has 5 nitrogen and oxygen atoms in total. The number of hydrogen-bond acceptors (Lipinski definition) is 5. The molecule has 2 aliphatic rings. The third-order valence-corrected chi connectivity index (χ3v) is 13.1. The maximum Gasteiger partial charge on any atom is 0.261 e. The maximum atomic E-state index is 7.57. The van der Waals surface area contributed by atoms with E-state index in [0.29, 0.717) is 19.8 Å².